The molecule has 0 unspecified atom stereocenters. The fourth-order valence-electron chi connectivity index (χ4n) is 4.15. The van der Waals surface area contributed by atoms with Crippen LogP contribution in [0.25, 0.3) is 0 Å². The zero-order valence-corrected chi connectivity index (χ0v) is 15.2. The number of fused-ring (bicyclic) bond motifs is 1. The fraction of sp³-hybridized carbons (Fsp3) is 0.450. The molecule has 3 heterocycles. The Hall–Kier alpha value is -2.67. The van der Waals surface area contributed by atoms with Gasteiger partial charge in [0.2, 0.25) is 5.91 Å². The minimum Gasteiger partial charge on any atom is -0.342 e. The molecule has 0 bridgehead atoms. The molecule has 1 aromatic carbocycles. The highest BCUT2D eigenvalue weighted by molar-refractivity contribution is 5.78. The van der Waals surface area contributed by atoms with Gasteiger partial charge >= 0.3 is 5.69 Å². The number of benzene rings is 1. The molecule has 0 atom stereocenters. The van der Waals surface area contributed by atoms with Crippen LogP contribution in [0, 0.1) is 0 Å². The Balaban J connectivity index is 1.33. The summed E-state index contributed by atoms with van der Waals surface area (Å²) >= 11 is 0. The zero-order valence-electron chi connectivity index (χ0n) is 15.2. The van der Waals surface area contributed by atoms with Gasteiger partial charge in [-0.1, -0.05) is 24.3 Å². The van der Waals surface area contributed by atoms with Gasteiger partial charge in [0.25, 0.3) is 5.56 Å². The monoisotopic (exact) mass is 368 g/mol. The zero-order chi connectivity index (χ0) is 18.8. The number of carbonyl (C=O) groups is 1. The lowest BCUT2D eigenvalue weighted by atomic mass is 9.95. The highest BCUT2D eigenvalue weighted by Crippen LogP contribution is 2.25. The molecule has 1 amide bonds. The van der Waals surface area contributed by atoms with Crippen molar-refractivity contribution in [2.45, 2.75) is 38.3 Å². The number of likely N-dealkylation sites (tertiary alicyclic amines) is 1. The van der Waals surface area contributed by atoms with Crippen LogP contribution in [0.15, 0.2) is 40.1 Å². The standard InChI is InChI=1S/C20H24N4O3/c25-18(11-16-12-21-20(27)22-19(16)26)23-9-6-17(7-10-23)24-8-5-14-3-1-2-4-15(14)13-24/h1-4,12,17H,5-11,13H2,(H2,21,22,26,27). The topological polar surface area (TPSA) is 89.3 Å². The Morgan fingerprint density at radius 1 is 1.07 bits per heavy atom. The van der Waals surface area contributed by atoms with E-state index in [0.29, 0.717) is 24.7 Å². The minimum atomic E-state index is -0.555. The Kier molecular flexibility index (Phi) is 4.94. The Bertz CT molecular complexity index is 940. The van der Waals surface area contributed by atoms with Crippen molar-refractivity contribution in [2.24, 2.45) is 0 Å². The van der Waals surface area contributed by atoms with Crippen molar-refractivity contribution in [2.75, 3.05) is 19.6 Å². The summed E-state index contributed by atoms with van der Waals surface area (Å²) in [6.45, 7) is 3.48. The van der Waals surface area contributed by atoms with E-state index in [4.69, 9.17) is 0 Å². The van der Waals surface area contributed by atoms with Crippen LogP contribution in [0.2, 0.25) is 0 Å². The molecule has 0 aliphatic carbocycles. The average molecular weight is 368 g/mol. The predicted octanol–water partition coefficient (Wildman–Crippen LogP) is 0.655. The van der Waals surface area contributed by atoms with Gasteiger partial charge < -0.3 is 9.88 Å². The van der Waals surface area contributed by atoms with Crippen LogP contribution in [0.5, 0.6) is 0 Å². The Morgan fingerprint density at radius 3 is 2.56 bits per heavy atom. The highest BCUT2D eigenvalue weighted by atomic mass is 16.2. The normalized spacial score (nSPS) is 18.3. The van der Waals surface area contributed by atoms with E-state index in [0.717, 1.165) is 32.4 Å². The molecule has 142 valence electrons. The molecule has 2 N–H and O–H groups in total. The number of aromatic nitrogens is 2. The van der Waals surface area contributed by atoms with Crippen LogP contribution >= 0.6 is 0 Å². The van der Waals surface area contributed by atoms with E-state index in [1.54, 1.807) is 0 Å². The van der Waals surface area contributed by atoms with Crippen LogP contribution < -0.4 is 11.2 Å². The van der Waals surface area contributed by atoms with E-state index in [-0.39, 0.29) is 12.3 Å². The summed E-state index contributed by atoms with van der Waals surface area (Å²) < 4.78 is 0. The van der Waals surface area contributed by atoms with Crippen molar-refractivity contribution >= 4 is 5.91 Å². The third-order valence-electron chi connectivity index (χ3n) is 5.73. The number of H-pyrrole nitrogens is 2. The van der Waals surface area contributed by atoms with E-state index in [2.05, 4.69) is 39.1 Å². The van der Waals surface area contributed by atoms with E-state index in [1.165, 1.54) is 17.3 Å². The molecule has 4 rings (SSSR count). The minimum absolute atomic E-state index is 0.0217. The lowest BCUT2D eigenvalue weighted by Crippen LogP contribution is -2.48. The van der Waals surface area contributed by atoms with Gasteiger partial charge in [0.1, 0.15) is 0 Å². The largest absolute Gasteiger partial charge is 0.342 e. The third-order valence-corrected chi connectivity index (χ3v) is 5.73. The van der Waals surface area contributed by atoms with E-state index in [1.807, 2.05) is 4.90 Å². The van der Waals surface area contributed by atoms with Crippen molar-refractivity contribution in [1.82, 2.24) is 19.8 Å². The third kappa shape index (κ3) is 3.88. The second-order valence-corrected chi connectivity index (χ2v) is 7.38. The molecule has 2 aliphatic rings. The van der Waals surface area contributed by atoms with Gasteiger partial charge in [-0.3, -0.25) is 19.5 Å². The molecule has 0 radical (unpaired) electrons. The lowest BCUT2D eigenvalue weighted by molar-refractivity contribution is -0.132. The fourth-order valence-corrected chi connectivity index (χ4v) is 4.15. The smallest absolute Gasteiger partial charge is 0.325 e. The second-order valence-electron chi connectivity index (χ2n) is 7.38. The molecule has 0 saturated carbocycles. The SMILES string of the molecule is O=C(Cc1c[nH]c(=O)[nH]c1=O)N1CCC(N2CCc3ccccc3C2)CC1. The first-order valence-corrected chi connectivity index (χ1v) is 9.49. The van der Waals surface area contributed by atoms with E-state index >= 15 is 0 Å². The Labute approximate surface area is 157 Å². The van der Waals surface area contributed by atoms with Crippen LogP contribution in [-0.2, 0) is 24.2 Å². The Morgan fingerprint density at radius 2 is 1.81 bits per heavy atom. The summed E-state index contributed by atoms with van der Waals surface area (Å²) in [5.74, 6) is -0.0602. The molecule has 2 aliphatic heterocycles. The van der Waals surface area contributed by atoms with Gasteiger partial charge in [-0.2, -0.15) is 0 Å². The van der Waals surface area contributed by atoms with Crippen LogP contribution in [-0.4, -0.2) is 51.4 Å². The first kappa shape index (κ1) is 17.7. The molecule has 1 fully saturated rings. The molecule has 7 heteroatoms. The van der Waals surface area contributed by atoms with Gasteiger partial charge in [0, 0.05) is 44.0 Å². The number of hydrogen-bond donors (Lipinski definition) is 2. The lowest BCUT2D eigenvalue weighted by Gasteiger charge is -2.40. The van der Waals surface area contributed by atoms with Gasteiger partial charge in [0.15, 0.2) is 0 Å². The first-order valence-electron chi connectivity index (χ1n) is 9.49. The van der Waals surface area contributed by atoms with Gasteiger partial charge in [-0.15, -0.1) is 0 Å². The maximum Gasteiger partial charge on any atom is 0.325 e. The molecule has 1 aromatic heterocycles. The van der Waals surface area contributed by atoms with Crippen LogP contribution in [0.4, 0.5) is 0 Å². The van der Waals surface area contributed by atoms with Crippen molar-refractivity contribution < 1.29 is 4.79 Å². The van der Waals surface area contributed by atoms with Crippen molar-refractivity contribution in [3.63, 3.8) is 0 Å². The molecule has 0 spiro atoms. The number of aromatic amines is 2. The molecular weight excluding hydrogens is 344 g/mol. The number of carbonyl (C=O) groups excluding carboxylic acids is 1. The maximum absolute atomic E-state index is 12.5. The second kappa shape index (κ2) is 7.52. The number of amides is 1. The summed E-state index contributed by atoms with van der Waals surface area (Å²) in [7, 11) is 0. The average Bonchev–Trinajstić information content (AvgIpc) is 2.70. The highest BCUT2D eigenvalue weighted by Gasteiger charge is 2.29. The number of nitrogens with zero attached hydrogens (tertiary/aromatic N) is 2. The molecule has 1 saturated heterocycles. The predicted molar refractivity (Wildman–Crippen MR) is 102 cm³/mol. The van der Waals surface area contributed by atoms with Crippen LogP contribution in [0.1, 0.15) is 29.5 Å². The summed E-state index contributed by atoms with van der Waals surface area (Å²) in [6, 6.07) is 9.13. The molecular formula is C20H24N4O3. The van der Waals surface area contributed by atoms with Gasteiger partial charge in [-0.25, -0.2) is 4.79 Å². The van der Waals surface area contributed by atoms with E-state index < -0.39 is 11.2 Å². The van der Waals surface area contributed by atoms with Crippen molar-refractivity contribution in [1.29, 1.82) is 0 Å². The first-order chi connectivity index (χ1) is 13.1. The van der Waals surface area contributed by atoms with Gasteiger partial charge in [0.05, 0.1) is 6.42 Å². The van der Waals surface area contributed by atoms with E-state index in [9.17, 15) is 14.4 Å². The summed E-state index contributed by atoms with van der Waals surface area (Å²) in [5.41, 5.74) is 2.12. The number of rotatable bonds is 3. The number of hydrogen-bond acceptors (Lipinski definition) is 4. The van der Waals surface area contributed by atoms with Crippen molar-refractivity contribution in [3.8, 4) is 0 Å². The number of piperidine rings is 1. The van der Waals surface area contributed by atoms with Crippen molar-refractivity contribution in [3.05, 3.63) is 68.0 Å². The van der Waals surface area contributed by atoms with Gasteiger partial charge in [-0.05, 0) is 30.4 Å². The van der Waals surface area contributed by atoms with Crippen LogP contribution in [0.3, 0.4) is 0 Å². The molecule has 7 nitrogen and oxygen atoms in total. The quantitative estimate of drug-likeness (QED) is 0.833. The molecule has 2 aromatic rings. The summed E-state index contributed by atoms with van der Waals surface area (Å²) in [6.07, 6.45) is 4.35. The summed E-state index contributed by atoms with van der Waals surface area (Å²) in [5, 5.41) is 0. The maximum atomic E-state index is 12.5. The number of nitrogens with one attached hydrogen (secondary N) is 2. The molecule has 27 heavy (non-hydrogen) atoms. The summed E-state index contributed by atoms with van der Waals surface area (Å²) in [4.78, 5) is 44.3.